The molecule has 0 aliphatic carbocycles. The minimum absolute atomic E-state index is 0.269. The third kappa shape index (κ3) is 2.87. The highest BCUT2D eigenvalue weighted by atomic mass is 19.1. The van der Waals surface area contributed by atoms with E-state index in [0.29, 0.717) is 23.7 Å². The zero-order valence-corrected chi connectivity index (χ0v) is 14.7. The number of halogens is 1. The molecular formula is C22H16FN3O. The van der Waals surface area contributed by atoms with Crippen molar-refractivity contribution >= 4 is 11.1 Å². The van der Waals surface area contributed by atoms with E-state index in [4.69, 9.17) is 4.42 Å². The molecule has 2 aliphatic rings. The van der Waals surface area contributed by atoms with Crippen LogP contribution in [0.3, 0.4) is 0 Å². The summed E-state index contributed by atoms with van der Waals surface area (Å²) in [5.41, 5.74) is 5.72. The van der Waals surface area contributed by atoms with E-state index in [1.807, 2.05) is 60.3 Å². The Morgan fingerprint density at radius 1 is 1.00 bits per heavy atom. The first-order valence-electron chi connectivity index (χ1n) is 8.73. The second-order valence-electron chi connectivity index (χ2n) is 6.66. The normalized spacial score (nSPS) is 11.5. The fourth-order valence-corrected chi connectivity index (χ4v) is 3.28. The Balaban J connectivity index is 1.49. The predicted molar refractivity (Wildman–Crippen MR) is 102 cm³/mol. The lowest BCUT2D eigenvalue weighted by atomic mass is 10.1. The summed E-state index contributed by atoms with van der Waals surface area (Å²) in [5.74, 6) is 0.371. The molecule has 0 N–H and O–H groups in total. The van der Waals surface area contributed by atoms with Crippen LogP contribution in [0.25, 0.3) is 33.6 Å². The molecule has 0 bridgehead atoms. The molecule has 0 amide bonds. The van der Waals surface area contributed by atoms with Gasteiger partial charge in [0.05, 0.1) is 17.9 Å². The standard InChI is InChI=1S/C22H16FN3O/c1-14-6-7-21-19(10-14)25-22(27-21)13-26-9-8-15-11-18(24-20(15)12-26)16-4-2-3-5-17(16)23/h2-12H,13H2,1H3. The summed E-state index contributed by atoms with van der Waals surface area (Å²) in [6.45, 7) is 2.54. The highest BCUT2D eigenvalue weighted by molar-refractivity contribution is 5.74. The van der Waals surface area contributed by atoms with Gasteiger partial charge in [-0.15, -0.1) is 0 Å². The van der Waals surface area contributed by atoms with Crippen LogP contribution in [0, 0.1) is 12.7 Å². The van der Waals surface area contributed by atoms with Crippen LogP contribution in [0.4, 0.5) is 4.39 Å². The van der Waals surface area contributed by atoms with E-state index in [-0.39, 0.29) is 5.82 Å². The van der Waals surface area contributed by atoms with E-state index in [1.54, 1.807) is 12.1 Å². The van der Waals surface area contributed by atoms with Gasteiger partial charge in [0.2, 0.25) is 5.89 Å². The number of rotatable bonds is 3. The van der Waals surface area contributed by atoms with Crippen LogP contribution in [0.2, 0.25) is 0 Å². The molecular weight excluding hydrogens is 341 g/mol. The van der Waals surface area contributed by atoms with Gasteiger partial charge in [0.15, 0.2) is 5.58 Å². The summed E-state index contributed by atoms with van der Waals surface area (Å²) < 4.78 is 21.8. The largest absolute Gasteiger partial charge is 0.439 e. The number of pyridine rings is 1. The Kier molecular flexibility index (Phi) is 3.53. The van der Waals surface area contributed by atoms with Gasteiger partial charge in [0.1, 0.15) is 11.3 Å². The van der Waals surface area contributed by atoms with Gasteiger partial charge in [-0.2, -0.15) is 0 Å². The molecule has 0 saturated heterocycles. The topological polar surface area (TPSA) is 43.9 Å². The monoisotopic (exact) mass is 357 g/mol. The maximum Gasteiger partial charge on any atom is 0.215 e. The first kappa shape index (κ1) is 15.8. The zero-order valence-electron chi connectivity index (χ0n) is 14.7. The highest BCUT2D eigenvalue weighted by Gasteiger charge is 2.14. The van der Waals surface area contributed by atoms with Crippen molar-refractivity contribution in [2.45, 2.75) is 13.5 Å². The van der Waals surface area contributed by atoms with E-state index < -0.39 is 0 Å². The molecule has 0 fully saturated rings. The minimum Gasteiger partial charge on any atom is -0.439 e. The van der Waals surface area contributed by atoms with E-state index in [2.05, 4.69) is 9.97 Å². The molecule has 0 unspecified atom stereocenters. The number of nitrogens with zero attached hydrogens (tertiary/aromatic N) is 3. The van der Waals surface area contributed by atoms with Crippen LogP contribution in [0.5, 0.6) is 0 Å². The van der Waals surface area contributed by atoms with Crippen molar-refractivity contribution in [3.63, 3.8) is 0 Å². The Labute approximate surface area is 155 Å². The molecule has 27 heavy (non-hydrogen) atoms. The van der Waals surface area contributed by atoms with Gasteiger partial charge in [0, 0.05) is 23.5 Å². The van der Waals surface area contributed by atoms with Crippen molar-refractivity contribution in [1.29, 1.82) is 0 Å². The first-order chi connectivity index (χ1) is 13.2. The SMILES string of the molecule is Cc1ccc2oc(Cn3ccc4cc(-c5ccccc5F)nc-4c3)nc2c1. The number of aryl methyl sites for hydroxylation is 1. The van der Waals surface area contributed by atoms with Crippen molar-refractivity contribution in [3.8, 4) is 22.5 Å². The van der Waals surface area contributed by atoms with Crippen LogP contribution < -0.4 is 0 Å². The van der Waals surface area contributed by atoms with Crippen molar-refractivity contribution < 1.29 is 8.81 Å². The fourth-order valence-electron chi connectivity index (χ4n) is 3.28. The lowest BCUT2D eigenvalue weighted by Gasteiger charge is -2.05. The summed E-state index contributed by atoms with van der Waals surface area (Å²) in [7, 11) is 0. The third-order valence-corrected chi connectivity index (χ3v) is 4.62. The predicted octanol–water partition coefficient (Wildman–Crippen LogP) is 5.29. The number of oxazole rings is 1. The number of hydrogen-bond acceptors (Lipinski definition) is 3. The molecule has 3 heterocycles. The van der Waals surface area contributed by atoms with Crippen LogP contribution in [0.1, 0.15) is 11.5 Å². The lowest BCUT2D eigenvalue weighted by Crippen LogP contribution is -2.00. The van der Waals surface area contributed by atoms with Gasteiger partial charge in [-0.3, -0.25) is 0 Å². The molecule has 2 aliphatic heterocycles. The summed E-state index contributed by atoms with van der Waals surface area (Å²) in [6.07, 6.45) is 3.88. The molecule has 132 valence electrons. The molecule has 3 aromatic rings. The summed E-state index contributed by atoms with van der Waals surface area (Å²) in [6, 6.07) is 16.5. The van der Waals surface area contributed by atoms with Gasteiger partial charge < -0.3 is 8.98 Å². The van der Waals surface area contributed by atoms with Gasteiger partial charge in [0.25, 0.3) is 0 Å². The molecule has 4 nitrogen and oxygen atoms in total. The molecule has 0 saturated carbocycles. The maximum absolute atomic E-state index is 14.0. The van der Waals surface area contributed by atoms with Crippen molar-refractivity contribution in [1.82, 2.24) is 14.5 Å². The van der Waals surface area contributed by atoms with Crippen molar-refractivity contribution in [3.05, 3.63) is 84.3 Å². The molecule has 0 atom stereocenters. The molecule has 5 heteroatoms. The first-order valence-corrected chi connectivity index (χ1v) is 8.73. The number of hydrogen-bond donors (Lipinski definition) is 0. The van der Waals surface area contributed by atoms with Gasteiger partial charge in [-0.25, -0.2) is 14.4 Å². The Morgan fingerprint density at radius 2 is 1.89 bits per heavy atom. The van der Waals surface area contributed by atoms with E-state index in [1.165, 1.54) is 6.07 Å². The second-order valence-corrected chi connectivity index (χ2v) is 6.66. The average molecular weight is 357 g/mol. The molecule has 1 aromatic heterocycles. The maximum atomic E-state index is 14.0. The van der Waals surface area contributed by atoms with Gasteiger partial charge >= 0.3 is 0 Å². The fraction of sp³-hybridized carbons (Fsp3) is 0.0909. The summed E-state index contributed by atoms with van der Waals surface area (Å²) >= 11 is 0. The summed E-state index contributed by atoms with van der Waals surface area (Å²) in [5, 5.41) is 0. The second kappa shape index (κ2) is 6.06. The van der Waals surface area contributed by atoms with Crippen LogP contribution in [-0.2, 0) is 6.54 Å². The quantitative estimate of drug-likeness (QED) is 0.440. The van der Waals surface area contributed by atoms with E-state index >= 15 is 0 Å². The Hall–Kier alpha value is -3.47. The molecule has 0 radical (unpaired) electrons. The van der Waals surface area contributed by atoms with Crippen LogP contribution in [-0.4, -0.2) is 14.5 Å². The number of fused-ring (bicyclic) bond motifs is 2. The highest BCUT2D eigenvalue weighted by Crippen LogP contribution is 2.30. The van der Waals surface area contributed by atoms with Gasteiger partial charge in [-0.05, 0) is 48.9 Å². The van der Waals surface area contributed by atoms with E-state index in [0.717, 1.165) is 27.9 Å². The summed E-state index contributed by atoms with van der Waals surface area (Å²) in [4.78, 5) is 9.14. The van der Waals surface area contributed by atoms with Crippen LogP contribution in [0.15, 0.2) is 71.4 Å². The lowest BCUT2D eigenvalue weighted by molar-refractivity contribution is 0.508. The van der Waals surface area contributed by atoms with Crippen molar-refractivity contribution in [2.75, 3.05) is 0 Å². The smallest absolute Gasteiger partial charge is 0.215 e. The molecule has 5 rings (SSSR count). The Morgan fingerprint density at radius 3 is 2.78 bits per heavy atom. The zero-order chi connectivity index (χ0) is 18.4. The molecule has 2 aromatic carbocycles. The molecule has 0 spiro atoms. The van der Waals surface area contributed by atoms with Crippen molar-refractivity contribution in [2.24, 2.45) is 0 Å². The third-order valence-electron chi connectivity index (χ3n) is 4.62. The van der Waals surface area contributed by atoms with Crippen LogP contribution >= 0.6 is 0 Å². The minimum atomic E-state index is -0.269. The number of aromatic nitrogens is 3. The van der Waals surface area contributed by atoms with E-state index in [9.17, 15) is 4.39 Å². The van der Waals surface area contributed by atoms with Gasteiger partial charge in [-0.1, -0.05) is 18.2 Å². The average Bonchev–Trinajstić information content (AvgIpc) is 3.24. The number of benzene rings is 2. The Bertz CT molecular complexity index is 1240.